The van der Waals surface area contributed by atoms with Gasteiger partial charge in [0.1, 0.15) is 0 Å². The highest BCUT2D eigenvalue weighted by molar-refractivity contribution is 7.89. The number of anilines is 2. The van der Waals surface area contributed by atoms with E-state index in [-0.39, 0.29) is 28.6 Å². The van der Waals surface area contributed by atoms with Crippen LogP contribution >= 0.6 is 12.4 Å². The Bertz CT molecular complexity index is 762. The van der Waals surface area contributed by atoms with Gasteiger partial charge in [0.25, 0.3) is 0 Å². The van der Waals surface area contributed by atoms with E-state index in [1.165, 1.54) is 26.6 Å². The molecule has 9 heteroatoms. The number of nitrogens with two attached hydrogens (primary N) is 1. The van der Waals surface area contributed by atoms with Gasteiger partial charge in [-0.2, -0.15) is 0 Å². The molecule has 1 aromatic rings. The maximum absolute atomic E-state index is 12.7. The van der Waals surface area contributed by atoms with Crippen LogP contribution in [0.25, 0.3) is 0 Å². The summed E-state index contributed by atoms with van der Waals surface area (Å²) in [6.45, 7) is 3.10. The largest absolute Gasteiger partial charge is 0.384 e. The summed E-state index contributed by atoms with van der Waals surface area (Å²) in [5.41, 5.74) is 7.03. The van der Waals surface area contributed by atoms with Gasteiger partial charge in [-0.05, 0) is 49.9 Å². The number of hydrogen-bond donors (Lipinski definition) is 3. The van der Waals surface area contributed by atoms with Gasteiger partial charge in [-0.3, -0.25) is 4.79 Å². The van der Waals surface area contributed by atoms with Gasteiger partial charge in [0.05, 0.1) is 16.3 Å². The highest BCUT2D eigenvalue weighted by Crippen LogP contribution is 2.39. The standard InChI is InChI=1S/C19H32N4O3S.ClH/c1-4-21-16-9-8-15(27(25,26)23(2)3)12-17(16)22-18(24)13-19(14-20)10-6-5-7-11-19;/h8-9,12,21H,4-7,10-11,13-14,20H2,1-3H3,(H,22,24);1H. The molecule has 2 rings (SSSR count). The number of rotatable bonds is 8. The van der Waals surface area contributed by atoms with Gasteiger partial charge >= 0.3 is 0 Å². The first-order valence-corrected chi connectivity index (χ1v) is 11.0. The quantitative estimate of drug-likeness (QED) is 0.585. The SMILES string of the molecule is CCNc1ccc(S(=O)(=O)N(C)C)cc1NC(=O)CC1(CN)CCCCC1.Cl. The first-order valence-electron chi connectivity index (χ1n) is 9.54. The number of sulfonamides is 1. The fraction of sp³-hybridized carbons (Fsp3) is 0.632. The third-order valence-electron chi connectivity index (χ3n) is 5.29. The lowest BCUT2D eigenvalue weighted by molar-refractivity contribution is -0.118. The monoisotopic (exact) mass is 432 g/mol. The summed E-state index contributed by atoms with van der Waals surface area (Å²) in [4.78, 5) is 12.9. The fourth-order valence-electron chi connectivity index (χ4n) is 3.63. The van der Waals surface area contributed by atoms with E-state index in [1.807, 2.05) is 6.92 Å². The van der Waals surface area contributed by atoms with Gasteiger partial charge in [0.2, 0.25) is 15.9 Å². The summed E-state index contributed by atoms with van der Waals surface area (Å²) >= 11 is 0. The predicted molar refractivity (Wildman–Crippen MR) is 117 cm³/mol. The van der Waals surface area contributed by atoms with E-state index in [2.05, 4.69) is 10.6 Å². The van der Waals surface area contributed by atoms with Crippen LogP contribution in [0, 0.1) is 5.41 Å². The first-order chi connectivity index (χ1) is 12.7. The average molecular weight is 433 g/mol. The minimum absolute atomic E-state index is 0. The van der Waals surface area contributed by atoms with Crippen molar-refractivity contribution in [3.63, 3.8) is 0 Å². The van der Waals surface area contributed by atoms with E-state index >= 15 is 0 Å². The van der Waals surface area contributed by atoms with E-state index in [4.69, 9.17) is 5.73 Å². The highest BCUT2D eigenvalue weighted by Gasteiger charge is 2.33. The summed E-state index contributed by atoms with van der Waals surface area (Å²) in [5, 5.41) is 6.08. The zero-order valence-electron chi connectivity index (χ0n) is 17.0. The highest BCUT2D eigenvalue weighted by atomic mass is 35.5. The molecular formula is C19H33ClN4O3S. The van der Waals surface area contributed by atoms with Gasteiger partial charge in [0, 0.05) is 27.1 Å². The predicted octanol–water partition coefficient (Wildman–Crippen LogP) is 3.03. The Morgan fingerprint density at radius 2 is 1.82 bits per heavy atom. The van der Waals surface area contributed by atoms with E-state index in [1.54, 1.807) is 12.1 Å². The molecule has 1 aliphatic carbocycles. The van der Waals surface area contributed by atoms with Gasteiger partial charge in [-0.1, -0.05) is 19.3 Å². The minimum Gasteiger partial charge on any atom is -0.384 e. The van der Waals surface area contributed by atoms with Gasteiger partial charge < -0.3 is 16.4 Å². The Morgan fingerprint density at radius 1 is 1.18 bits per heavy atom. The lowest BCUT2D eigenvalue weighted by atomic mass is 9.71. The molecule has 0 aromatic heterocycles. The molecule has 1 fully saturated rings. The smallest absolute Gasteiger partial charge is 0.242 e. The molecule has 0 saturated heterocycles. The van der Waals surface area contributed by atoms with E-state index in [9.17, 15) is 13.2 Å². The van der Waals surface area contributed by atoms with Crippen LogP contribution in [-0.2, 0) is 14.8 Å². The van der Waals surface area contributed by atoms with Gasteiger partial charge in [-0.15, -0.1) is 12.4 Å². The van der Waals surface area contributed by atoms with Gasteiger partial charge in [-0.25, -0.2) is 12.7 Å². The van der Waals surface area contributed by atoms with E-state index in [0.29, 0.717) is 30.9 Å². The number of hydrogen-bond acceptors (Lipinski definition) is 5. The molecule has 1 aromatic carbocycles. The van der Waals surface area contributed by atoms with Crippen LogP contribution in [0.15, 0.2) is 23.1 Å². The lowest BCUT2D eigenvalue weighted by Gasteiger charge is -2.35. The molecule has 0 heterocycles. The zero-order valence-corrected chi connectivity index (χ0v) is 18.6. The van der Waals surface area contributed by atoms with Crippen molar-refractivity contribution in [2.45, 2.75) is 50.3 Å². The number of nitrogens with one attached hydrogen (secondary N) is 2. The molecule has 1 amide bonds. The summed E-state index contributed by atoms with van der Waals surface area (Å²) in [7, 11) is -0.605. The molecule has 0 bridgehead atoms. The average Bonchev–Trinajstić information content (AvgIpc) is 2.63. The third kappa shape index (κ3) is 5.83. The molecule has 0 aliphatic heterocycles. The van der Waals surface area contributed by atoms with Crippen LogP contribution in [0.3, 0.4) is 0 Å². The molecule has 0 spiro atoms. The normalized spacial score (nSPS) is 16.3. The van der Waals surface area contributed by atoms with Crippen LogP contribution in [-0.4, -0.2) is 45.8 Å². The minimum atomic E-state index is -3.58. The van der Waals surface area contributed by atoms with Crippen molar-refractivity contribution in [2.75, 3.05) is 37.8 Å². The van der Waals surface area contributed by atoms with E-state index < -0.39 is 10.0 Å². The molecule has 0 atom stereocenters. The molecule has 0 radical (unpaired) electrons. The van der Waals surface area contributed by atoms with Crippen molar-refractivity contribution in [3.8, 4) is 0 Å². The Labute approximate surface area is 174 Å². The number of carbonyl (C=O) groups is 1. The Hall–Kier alpha value is -1.35. The second-order valence-corrected chi connectivity index (χ2v) is 9.67. The van der Waals surface area contributed by atoms with Crippen molar-refractivity contribution in [1.29, 1.82) is 0 Å². The van der Waals surface area contributed by atoms with Crippen molar-refractivity contribution in [2.24, 2.45) is 11.1 Å². The van der Waals surface area contributed by atoms with Crippen LogP contribution in [0.1, 0.15) is 45.4 Å². The summed E-state index contributed by atoms with van der Waals surface area (Å²) in [5.74, 6) is -0.124. The molecule has 7 nitrogen and oxygen atoms in total. The number of nitrogens with zero attached hydrogens (tertiary/aromatic N) is 1. The van der Waals surface area contributed by atoms with Crippen LogP contribution in [0.4, 0.5) is 11.4 Å². The molecule has 160 valence electrons. The molecule has 1 saturated carbocycles. The Morgan fingerprint density at radius 3 is 2.36 bits per heavy atom. The fourth-order valence-corrected chi connectivity index (χ4v) is 4.56. The van der Waals surface area contributed by atoms with Crippen molar-refractivity contribution in [1.82, 2.24) is 4.31 Å². The Balaban J connectivity index is 0.00000392. The van der Waals surface area contributed by atoms with E-state index in [0.717, 1.165) is 30.0 Å². The number of carbonyl (C=O) groups excluding carboxylic acids is 1. The Kier molecular flexibility index (Phi) is 9.20. The van der Waals surface area contributed by atoms with Crippen molar-refractivity contribution in [3.05, 3.63) is 18.2 Å². The van der Waals surface area contributed by atoms with Crippen LogP contribution in [0.5, 0.6) is 0 Å². The summed E-state index contributed by atoms with van der Waals surface area (Å²) < 4.78 is 26.0. The lowest BCUT2D eigenvalue weighted by Crippen LogP contribution is -2.36. The van der Waals surface area contributed by atoms with Crippen LogP contribution in [0.2, 0.25) is 0 Å². The second-order valence-electron chi connectivity index (χ2n) is 7.51. The number of halogens is 1. The molecule has 0 unspecified atom stereocenters. The number of amides is 1. The summed E-state index contributed by atoms with van der Waals surface area (Å²) in [6.07, 6.45) is 5.68. The number of benzene rings is 1. The first kappa shape index (κ1) is 24.7. The molecule has 4 N–H and O–H groups in total. The molecular weight excluding hydrogens is 400 g/mol. The maximum atomic E-state index is 12.7. The summed E-state index contributed by atoms with van der Waals surface area (Å²) in [6, 6.07) is 4.75. The molecule has 28 heavy (non-hydrogen) atoms. The van der Waals surface area contributed by atoms with Crippen molar-refractivity contribution >= 4 is 39.7 Å². The van der Waals surface area contributed by atoms with Crippen molar-refractivity contribution < 1.29 is 13.2 Å². The zero-order chi connectivity index (χ0) is 20.1. The second kappa shape index (κ2) is 10.4. The molecule has 1 aliphatic rings. The topological polar surface area (TPSA) is 105 Å². The van der Waals surface area contributed by atoms with Gasteiger partial charge in [0.15, 0.2) is 0 Å². The van der Waals surface area contributed by atoms with Crippen LogP contribution < -0.4 is 16.4 Å². The third-order valence-corrected chi connectivity index (χ3v) is 7.10. The maximum Gasteiger partial charge on any atom is 0.242 e.